The highest BCUT2D eigenvalue weighted by Crippen LogP contribution is 2.22. The SMILES string of the molecule is Cc1cnc(Nc2c(C)cccc2C)[nH]1. The number of rotatable bonds is 2. The van der Waals surface area contributed by atoms with Crippen molar-refractivity contribution in [2.45, 2.75) is 20.8 Å². The summed E-state index contributed by atoms with van der Waals surface area (Å²) in [5.41, 5.74) is 4.64. The van der Waals surface area contributed by atoms with Crippen LogP contribution in [0.15, 0.2) is 24.4 Å². The van der Waals surface area contributed by atoms with Crippen LogP contribution in [0.3, 0.4) is 0 Å². The lowest BCUT2D eigenvalue weighted by atomic mass is 10.1. The first-order chi connectivity index (χ1) is 7.16. The summed E-state index contributed by atoms with van der Waals surface area (Å²) < 4.78 is 0. The summed E-state index contributed by atoms with van der Waals surface area (Å²) in [6.07, 6.45) is 1.82. The van der Waals surface area contributed by atoms with Crippen molar-refractivity contribution in [3.8, 4) is 0 Å². The number of para-hydroxylation sites is 1. The summed E-state index contributed by atoms with van der Waals surface area (Å²) in [7, 11) is 0. The number of anilines is 2. The van der Waals surface area contributed by atoms with Gasteiger partial charge in [0.2, 0.25) is 5.95 Å². The molecule has 0 aliphatic rings. The first-order valence-corrected chi connectivity index (χ1v) is 5.01. The van der Waals surface area contributed by atoms with E-state index in [0.717, 1.165) is 17.3 Å². The molecule has 0 aliphatic carbocycles. The Morgan fingerprint density at radius 1 is 1.13 bits per heavy atom. The molecule has 1 aromatic heterocycles. The van der Waals surface area contributed by atoms with E-state index in [4.69, 9.17) is 0 Å². The largest absolute Gasteiger partial charge is 0.328 e. The molecule has 0 aliphatic heterocycles. The molecule has 78 valence electrons. The van der Waals surface area contributed by atoms with E-state index >= 15 is 0 Å². The molecule has 0 spiro atoms. The number of aromatic nitrogens is 2. The number of imidazole rings is 1. The number of nitrogens with zero attached hydrogens (tertiary/aromatic N) is 1. The van der Waals surface area contributed by atoms with Crippen molar-refractivity contribution >= 4 is 11.6 Å². The van der Waals surface area contributed by atoms with Crippen LogP contribution in [-0.4, -0.2) is 9.97 Å². The lowest BCUT2D eigenvalue weighted by molar-refractivity contribution is 1.23. The van der Waals surface area contributed by atoms with Crippen LogP contribution in [0, 0.1) is 20.8 Å². The molecule has 0 unspecified atom stereocenters. The monoisotopic (exact) mass is 201 g/mol. The van der Waals surface area contributed by atoms with Gasteiger partial charge in [-0.3, -0.25) is 0 Å². The van der Waals surface area contributed by atoms with E-state index in [1.807, 2.05) is 13.1 Å². The molecule has 2 aromatic rings. The molecule has 0 saturated heterocycles. The van der Waals surface area contributed by atoms with E-state index in [1.165, 1.54) is 11.1 Å². The highest BCUT2D eigenvalue weighted by molar-refractivity contribution is 5.62. The van der Waals surface area contributed by atoms with Gasteiger partial charge in [-0.15, -0.1) is 0 Å². The summed E-state index contributed by atoms with van der Waals surface area (Å²) >= 11 is 0. The Balaban J connectivity index is 2.31. The van der Waals surface area contributed by atoms with Crippen molar-refractivity contribution in [2.75, 3.05) is 5.32 Å². The molecule has 0 atom stereocenters. The minimum Gasteiger partial charge on any atom is -0.328 e. The highest BCUT2D eigenvalue weighted by atomic mass is 15.1. The maximum absolute atomic E-state index is 4.23. The van der Waals surface area contributed by atoms with Gasteiger partial charge in [0.25, 0.3) is 0 Å². The van der Waals surface area contributed by atoms with E-state index in [-0.39, 0.29) is 0 Å². The zero-order valence-electron chi connectivity index (χ0n) is 9.26. The zero-order valence-corrected chi connectivity index (χ0v) is 9.26. The third-order valence-corrected chi connectivity index (χ3v) is 2.43. The minimum absolute atomic E-state index is 0.796. The molecule has 1 aromatic carbocycles. The van der Waals surface area contributed by atoms with Gasteiger partial charge in [-0.05, 0) is 31.9 Å². The Morgan fingerprint density at radius 3 is 2.33 bits per heavy atom. The van der Waals surface area contributed by atoms with Crippen LogP contribution in [-0.2, 0) is 0 Å². The number of benzene rings is 1. The van der Waals surface area contributed by atoms with Gasteiger partial charge in [-0.2, -0.15) is 0 Å². The number of aryl methyl sites for hydroxylation is 3. The maximum atomic E-state index is 4.23. The molecule has 2 N–H and O–H groups in total. The Hall–Kier alpha value is -1.77. The van der Waals surface area contributed by atoms with Crippen LogP contribution in [0.4, 0.5) is 11.6 Å². The van der Waals surface area contributed by atoms with Crippen molar-refractivity contribution < 1.29 is 0 Å². The van der Waals surface area contributed by atoms with Gasteiger partial charge in [-0.1, -0.05) is 18.2 Å². The van der Waals surface area contributed by atoms with Gasteiger partial charge in [0.15, 0.2) is 0 Å². The van der Waals surface area contributed by atoms with E-state index in [0.29, 0.717) is 0 Å². The summed E-state index contributed by atoms with van der Waals surface area (Å²) in [4.78, 5) is 7.38. The first-order valence-electron chi connectivity index (χ1n) is 5.01. The molecule has 3 heteroatoms. The molecular weight excluding hydrogens is 186 g/mol. The second-order valence-corrected chi connectivity index (χ2v) is 3.81. The Morgan fingerprint density at radius 2 is 1.80 bits per heavy atom. The lowest BCUT2D eigenvalue weighted by Crippen LogP contribution is -1.97. The summed E-state index contributed by atoms with van der Waals surface area (Å²) in [5, 5.41) is 3.29. The second kappa shape index (κ2) is 3.77. The van der Waals surface area contributed by atoms with Gasteiger partial charge in [0, 0.05) is 17.6 Å². The molecule has 0 bridgehead atoms. The van der Waals surface area contributed by atoms with Crippen LogP contribution < -0.4 is 5.32 Å². The molecular formula is C12H15N3. The lowest BCUT2D eigenvalue weighted by Gasteiger charge is -2.09. The van der Waals surface area contributed by atoms with Crippen LogP contribution in [0.1, 0.15) is 16.8 Å². The summed E-state index contributed by atoms with van der Waals surface area (Å²) in [5.74, 6) is 0.796. The Kier molecular flexibility index (Phi) is 2.46. The normalized spacial score (nSPS) is 10.3. The quantitative estimate of drug-likeness (QED) is 0.784. The second-order valence-electron chi connectivity index (χ2n) is 3.81. The number of hydrogen-bond donors (Lipinski definition) is 2. The third kappa shape index (κ3) is 2.01. The summed E-state index contributed by atoms with van der Waals surface area (Å²) in [6, 6.07) is 6.24. The molecule has 0 amide bonds. The molecule has 0 saturated carbocycles. The van der Waals surface area contributed by atoms with Gasteiger partial charge in [0.1, 0.15) is 0 Å². The molecule has 2 rings (SSSR count). The van der Waals surface area contributed by atoms with Crippen molar-refractivity contribution in [1.29, 1.82) is 0 Å². The first kappa shape index (κ1) is 9.77. The molecule has 1 heterocycles. The number of hydrogen-bond acceptors (Lipinski definition) is 2. The maximum Gasteiger partial charge on any atom is 0.204 e. The predicted octanol–water partition coefficient (Wildman–Crippen LogP) is 3.08. The highest BCUT2D eigenvalue weighted by Gasteiger charge is 2.03. The Bertz CT molecular complexity index is 451. The summed E-state index contributed by atoms with van der Waals surface area (Å²) in [6.45, 7) is 6.17. The van der Waals surface area contributed by atoms with Crippen LogP contribution >= 0.6 is 0 Å². The van der Waals surface area contributed by atoms with E-state index in [2.05, 4.69) is 47.3 Å². The number of nitrogens with one attached hydrogen (secondary N) is 2. The van der Waals surface area contributed by atoms with Crippen molar-refractivity contribution in [2.24, 2.45) is 0 Å². The average molecular weight is 201 g/mol. The van der Waals surface area contributed by atoms with Crippen LogP contribution in [0.2, 0.25) is 0 Å². The minimum atomic E-state index is 0.796. The fraction of sp³-hybridized carbons (Fsp3) is 0.250. The van der Waals surface area contributed by atoms with Crippen LogP contribution in [0.25, 0.3) is 0 Å². The number of aromatic amines is 1. The fourth-order valence-electron chi connectivity index (χ4n) is 1.61. The predicted molar refractivity (Wildman–Crippen MR) is 62.5 cm³/mol. The number of H-pyrrole nitrogens is 1. The standard InChI is InChI=1S/C12H15N3/c1-8-5-4-6-9(2)11(8)15-12-13-7-10(3)14-12/h4-7H,1-3H3,(H2,13,14,15). The van der Waals surface area contributed by atoms with E-state index in [1.54, 1.807) is 0 Å². The Labute approximate surface area is 89.6 Å². The van der Waals surface area contributed by atoms with Crippen molar-refractivity contribution in [3.05, 3.63) is 41.2 Å². The third-order valence-electron chi connectivity index (χ3n) is 2.43. The van der Waals surface area contributed by atoms with Crippen molar-refractivity contribution in [1.82, 2.24) is 9.97 Å². The molecule has 0 radical (unpaired) electrons. The average Bonchev–Trinajstić information content (AvgIpc) is 2.58. The fourth-order valence-corrected chi connectivity index (χ4v) is 1.61. The van der Waals surface area contributed by atoms with Gasteiger partial charge >= 0.3 is 0 Å². The molecule has 15 heavy (non-hydrogen) atoms. The van der Waals surface area contributed by atoms with Gasteiger partial charge < -0.3 is 10.3 Å². The van der Waals surface area contributed by atoms with Crippen molar-refractivity contribution in [3.63, 3.8) is 0 Å². The smallest absolute Gasteiger partial charge is 0.204 e. The van der Waals surface area contributed by atoms with E-state index in [9.17, 15) is 0 Å². The van der Waals surface area contributed by atoms with Gasteiger partial charge in [0.05, 0.1) is 0 Å². The zero-order chi connectivity index (χ0) is 10.8. The molecule has 0 fully saturated rings. The van der Waals surface area contributed by atoms with Crippen LogP contribution in [0.5, 0.6) is 0 Å². The van der Waals surface area contributed by atoms with E-state index < -0.39 is 0 Å². The molecule has 3 nitrogen and oxygen atoms in total. The topological polar surface area (TPSA) is 40.7 Å². The van der Waals surface area contributed by atoms with Gasteiger partial charge in [-0.25, -0.2) is 4.98 Å².